The van der Waals surface area contributed by atoms with Crippen LogP contribution in [0.15, 0.2) is 0 Å². The Morgan fingerprint density at radius 1 is 1.35 bits per heavy atom. The fourth-order valence-electron chi connectivity index (χ4n) is 3.06. The van der Waals surface area contributed by atoms with Crippen LogP contribution >= 0.6 is 0 Å². The highest BCUT2D eigenvalue weighted by Gasteiger charge is 2.32. The first kappa shape index (κ1) is 15.7. The predicted octanol–water partition coefficient (Wildman–Crippen LogP) is 0.718. The van der Waals surface area contributed by atoms with Crippen LogP contribution in [0, 0.1) is 5.92 Å². The summed E-state index contributed by atoms with van der Waals surface area (Å²) in [7, 11) is 1.91. The summed E-state index contributed by atoms with van der Waals surface area (Å²) in [6.45, 7) is 6.18. The number of hydrogen-bond donors (Lipinski definition) is 1. The van der Waals surface area contributed by atoms with Gasteiger partial charge < -0.3 is 14.7 Å². The number of amides is 1. The van der Waals surface area contributed by atoms with Gasteiger partial charge in [-0.15, -0.1) is 0 Å². The van der Waals surface area contributed by atoms with E-state index >= 15 is 0 Å². The number of nitrogens with zero attached hydrogens (tertiary/aromatic N) is 2. The Morgan fingerprint density at radius 2 is 1.95 bits per heavy atom. The average molecular weight is 284 g/mol. The molecule has 2 aliphatic heterocycles. The van der Waals surface area contributed by atoms with E-state index in [1.807, 2.05) is 16.8 Å². The molecular formula is C15H28N2O3. The van der Waals surface area contributed by atoms with Crippen LogP contribution in [0.3, 0.4) is 0 Å². The highest BCUT2D eigenvalue weighted by molar-refractivity contribution is 5.78. The maximum atomic E-state index is 12.2. The third kappa shape index (κ3) is 4.43. The number of piperidine rings is 1. The number of likely N-dealkylation sites (N-methyl/N-ethyl adjacent to an activating group) is 1. The van der Waals surface area contributed by atoms with Crippen LogP contribution in [0.1, 0.15) is 32.6 Å². The first-order valence-corrected chi connectivity index (χ1v) is 7.75. The molecule has 2 fully saturated rings. The molecule has 0 atom stereocenters. The van der Waals surface area contributed by atoms with Gasteiger partial charge in [-0.1, -0.05) is 6.92 Å². The molecule has 5 heteroatoms. The highest BCUT2D eigenvalue weighted by Crippen LogP contribution is 2.21. The molecule has 2 heterocycles. The zero-order valence-corrected chi connectivity index (χ0v) is 12.8. The average Bonchev–Trinajstić information content (AvgIpc) is 2.39. The molecular weight excluding hydrogens is 256 g/mol. The van der Waals surface area contributed by atoms with Gasteiger partial charge in [-0.3, -0.25) is 9.69 Å². The minimum absolute atomic E-state index is 0.190. The summed E-state index contributed by atoms with van der Waals surface area (Å²) in [6, 6.07) is 0. The summed E-state index contributed by atoms with van der Waals surface area (Å²) in [6.07, 6.45) is 3.53. The van der Waals surface area contributed by atoms with Crippen LogP contribution in [0.5, 0.6) is 0 Å². The Labute approximate surface area is 121 Å². The van der Waals surface area contributed by atoms with E-state index in [-0.39, 0.29) is 5.91 Å². The Kier molecular flexibility index (Phi) is 5.41. The van der Waals surface area contributed by atoms with Gasteiger partial charge in [0.1, 0.15) is 0 Å². The van der Waals surface area contributed by atoms with Gasteiger partial charge in [-0.05, 0) is 25.8 Å². The molecule has 20 heavy (non-hydrogen) atoms. The van der Waals surface area contributed by atoms with Crippen molar-refractivity contribution in [2.45, 2.75) is 38.2 Å². The quantitative estimate of drug-likeness (QED) is 0.826. The Hall–Kier alpha value is -0.650. The first-order valence-electron chi connectivity index (χ1n) is 7.75. The third-order valence-corrected chi connectivity index (χ3v) is 4.53. The van der Waals surface area contributed by atoms with Gasteiger partial charge in [-0.2, -0.15) is 0 Å². The molecule has 0 aliphatic carbocycles. The summed E-state index contributed by atoms with van der Waals surface area (Å²) >= 11 is 0. The van der Waals surface area contributed by atoms with E-state index in [2.05, 4.69) is 6.92 Å². The van der Waals surface area contributed by atoms with Gasteiger partial charge in [-0.25, -0.2) is 0 Å². The first-order chi connectivity index (χ1) is 9.48. The molecule has 0 bridgehead atoms. The highest BCUT2D eigenvalue weighted by atomic mass is 16.5. The standard InChI is InChI=1S/C15H28N2O3/c1-13-3-7-17(8-4-13)14(18)11-16(2)12-15(19)5-9-20-10-6-15/h13,19H,3-12H2,1-2H3. The topological polar surface area (TPSA) is 53.0 Å². The SMILES string of the molecule is CC1CCN(C(=O)CN(C)CC2(O)CCOCC2)CC1. The molecule has 0 spiro atoms. The smallest absolute Gasteiger partial charge is 0.236 e. The third-order valence-electron chi connectivity index (χ3n) is 4.53. The second-order valence-corrected chi connectivity index (χ2v) is 6.57. The lowest BCUT2D eigenvalue weighted by Crippen LogP contribution is -2.49. The van der Waals surface area contributed by atoms with Crippen LogP contribution in [0.25, 0.3) is 0 Å². The Morgan fingerprint density at radius 3 is 2.55 bits per heavy atom. The number of carbonyl (C=O) groups excluding carboxylic acids is 1. The van der Waals surface area contributed by atoms with Gasteiger partial charge in [0.25, 0.3) is 0 Å². The largest absolute Gasteiger partial charge is 0.388 e. The maximum absolute atomic E-state index is 12.2. The van der Waals surface area contributed by atoms with Gasteiger partial charge in [0.15, 0.2) is 0 Å². The van der Waals surface area contributed by atoms with E-state index in [4.69, 9.17) is 4.74 Å². The summed E-state index contributed by atoms with van der Waals surface area (Å²) in [5.41, 5.74) is -0.691. The Balaban J connectivity index is 1.75. The van der Waals surface area contributed by atoms with Crippen molar-refractivity contribution in [3.8, 4) is 0 Å². The Bertz CT molecular complexity index is 321. The molecule has 2 aliphatic rings. The summed E-state index contributed by atoms with van der Waals surface area (Å²) in [5.74, 6) is 0.926. The van der Waals surface area contributed by atoms with E-state index < -0.39 is 5.60 Å². The minimum atomic E-state index is -0.691. The van der Waals surface area contributed by atoms with E-state index in [0.717, 1.165) is 31.8 Å². The lowest BCUT2D eigenvalue weighted by molar-refractivity contribution is -0.134. The summed E-state index contributed by atoms with van der Waals surface area (Å²) in [5, 5.41) is 10.5. The van der Waals surface area contributed by atoms with Crippen molar-refractivity contribution < 1.29 is 14.6 Å². The van der Waals surface area contributed by atoms with Crippen molar-refractivity contribution in [3.05, 3.63) is 0 Å². The zero-order chi connectivity index (χ0) is 14.6. The van der Waals surface area contributed by atoms with Crippen LogP contribution in [-0.2, 0) is 9.53 Å². The molecule has 2 rings (SSSR count). The normalized spacial score (nSPS) is 24.1. The molecule has 0 radical (unpaired) electrons. The fraction of sp³-hybridized carbons (Fsp3) is 0.933. The van der Waals surface area contributed by atoms with Crippen molar-refractivity contribution in [1.82, 2.24) is 9.80 Å². The van der Waals surface area contributed by atoms with Crippen molar-refractivity contribution >= 4 is 5.91 Å². The van der Waals surface area contributed by atoms with Crippen molar-refractivity contribution in [3.63, 3.8) is 0 Å². The summed E-state index contributed by atoms with van der Waals surface area (Å²) in [4.78, 5) is 16.2. The number of aliphatic hydroxyl groups is 1. The van der Waals surface area contributed by atoms with Gasteiger partial charge in [0.05, 0.1) is 12.1 Å². The van der Waals surface area contributed by atoms with Crippen LogP contribution < -0.4 is 0 Å². The molecule has 0 aromatic rings. The molecule has 1 N–H and O–H groups in total. The van der Waals surface area contributed by atoms with E-state index in [9.17, 15) is 9.90 Å². The lowest BCUT2D eigenvalue weighted by Gasteiger charge is -2.36. The van der Waals surface area contributed by atoms with Crippen LogP contribution in [0.2, 0.25) is 0 Å². The molecule has 0 aromatic heterocycles. The molecule has 2 saturated heterocycles. The second kappa shape index (κ2) is 6.87. The number of ether oxygens (including phenoxy) is 1. The van der Waals surface area contributed by atoms with Gasteiger partial charge in [0.2, 0.25) is 5.91 Å². The second-order valence-electron chi connectivity index (χ2n) is 6.57. The maximum Gasteiger partial charge on any atom is 0.236 e. The van der Waals surface area contributed by atoms with E-state index in [1.54, 1.807) is 0 Å². The molecule has 0 unspecified atom stereocenters. The van der Waals surface area contributed by atoms with Crippen molar-refractivity contribution in [2.75, 3.05) is 46.4 Å². The predicted molar refractivity (Wildman–Crippen MR) is 77.5 cm³/mol. The van der Waals surface area contributed by atoms with Crippen LogP contribution in [-0.4, -0.2) is 72.9 Å². The molecule has 5 nitrogen and oxygen atoms in total. The molecule has 1 amide bonds. The number of rotatable bonds is 4. The fourth-order valence-corrected chi connectivity index (χ4v) is 3.06. The van der Waals surface area contributed by atoms with Crippen molar-refractivity contribution in [2.24, 2.45) is 5.92 Å². The van der Waals surface area contributed by atoms with E-state index in [1.165, 1.54) is 0 Å². The summed E-state index contributed by atoms with van der Waals surface area (Å²) < 4.78 is 5.28. The van der Waals surface area contributed by atoms with Crippen molar-refractivity contribution in [1.29, 1.82) is 0 Å². The molecule has 0 saturated carbocycles. The number of carbonyl (C=O) groups is 1. The van der Waals surface area contributed by atoms with E-state index in [0.29, 0.717) is 39.1 Å². The van der Waals surface area contributed by atoms with Gasteiger partial charge >= 0.3 is 0 Å². The number of likely N-dealkylation sites (tertiary alicyclic amines) is 1. The molecule has 0 aromatic carbocycles. The van der Waals surface area contributed by atoms with Crippen LogP contribution in [0.4, 0.5) is 0 Å². The molecule has 116 valence electrons. The monoisotopic (exact) mass is 284 g/mol. The zero-order valence-electron chi connectivity index (χ0n) is 12.8. The minimum Gasteiger partial charge on any atom is -0.388 e. The lowest BCUT2D eigenvalue weighted by atomic mass is 9.94. The van der Waals surface area contributed by atoms with Gasteiger partial charge in [0, 0.05) is 45.7 Å². The number of hydrogen-bond acceptors (Lipinski definition) is 4.